The molecule has 1 aliphatic carbocycles. The summed E-state index contributed by atoms with van der Waals surface area (Å²) in [7, 11) is 0. The van der Waals surface area contributed by atoms with Gasteiger partial charge in [0.2, 0.25) is 0 Å². The van der Waals surface area contributed by atoms with Crippen molar-refractivity contribution in [1.82, 2.24) is 14.9 Å². The maximum absolute atomic E-state index is 6.28. The van der Waals surface area contributed by atoms with E-state index in [0.29, 0.717) is 22.6 Å². The Hall–Kier alpha value is -1.44. The van der Waals surface area contributed by atoms with Gasteiger partial charge in [-0.05, 0) is 25.0 Å². The number of nitrogens with one attached hydrogen (secondary N) is 1. The summed E-state index contributed by atoms with van der Waals surface area (Å²) in [5.41, 5.74) is 1.21. The largest absolute Gasteiger partial charge is 0.455 e. The summed E-state index contributed by atoms with van der Waals surface area (Å²) in [4.78, 5) is 16.8. The van der Waals surface area contributed by atoms with E-state index in [0.717, 1.165) is 28.6 Å². The second-order valence-corrected chi connectivity index (χ2v) is 8.29. The maximum atomic E-state index is 6.28. The molecule has 6 rings (SSSR count). The molecular weight excluding hydrogens is 334 g/mol. The van der Waals surface area contributed by atoms with Crippen LogP contribution in [0.15, 0.2) is 17.1 Å². The van der Waals surface area contributed by atoms with Crippen LogP contribution >= 0.6 is 22.9 Å². The Morgan fingerprint density at radius 2 is 2.35 bits per heavy atom. The number of aliphatic imine (C=N–C) groups is 1. The Balaban J connectivity index is 1.24. The summed E-state index contributed by atoms with van der Waals surface area (Å²) in [6, 6.07) is 4.22. The maximum Gasteiger partial charge on any atom is 0.291 e. The quantitative estimate of drug-likeness (QED) is 0.802. The number of halogens is 1. The van der Waals surface area contributed by atoms with Gasteiger partial charge in [-0.1, -0.05) is 22.9 Å². The van der Waals surface area contributed by atoms with Crippen LogP contribution in [0.25, 0.3) is 10.3 Å². The SMILES string of the molecule is Clc1ccc2nc(NC3=NCC4(CN5CCC56CC46)O3)sc2n1. The second-order valence-electron chi connectivity index (χ2n) is 6.92. The van der Waals surface area contributed by atoms with Crippen molar-refractivity contribution in [1.29, 1.82) is 0 Å². The van der Waals surface area contributed by atoms with Gasteiger partial charge in [0.05, 0.1) is 6.54 Å². The standard InChI is InChI=1S/C15H14ClN5OS/c16-10-2-1-8-11(19-10)23-13(18-8)20-12-17-6-15(22-12)7-21-4-3-14(21)5-9(14)15/h1-2,9H,3-7H2,(H,17,18,20). The fourth-order valence-corrected chi connectivity index (χ4v) is 5.58. The number of hydrogen-bond donors (Lipinski definition) is 1. The van der Waals surface area contributed by atoms with Crippen LogP contribution in [-0.2, 0) is 4.74 Å². The molecule has 1 N–H and O–H groups in total. The lowest BCUT2D eigenvalue weighted by atomic mass is 9.98. The molecule has 5 heterocycles. The molecule has 0 aromatic carbocycles. The van der Waals surface area contributed by atoms with Crippen molar-refractivity contribution in [2.75, 3.05) is 25.0 Å². The Morgan fingerprint density at radius 1 is 1.39 bits per heavy atom. The van der Waals surface area contributed by atoms with Crippen molar-refractivity contribution in [2.45, 2.75) is 24.0 Å². The summed E-state index contributed by atoms with van der Waals surface area (Å²) in [5, 5.41) is 4.45. The number of hydrogen-bond acceptors (Lipinski definition) is 7. The number of amidine groups is 1. The van der Waals surface area contributed by atoms with Gasteiger partial charge in [-0.25, -0.2) is 15.0 Å². The van der Waals surface area contributed by atoms with Crippen molar-refractivity contribution in [3.05, 3.63) is 17.3 Å². The molecule has 3 aliphatic heterocycles. The zero-order valence-corrected chi connectivity index (χ0v) is 13.8. The predicted molar refractivity (Wildman–Crippen MR) is 89.2 cm³/mol. The topological polar surface area (TPSA) is 62.6 Å². The van der Waals surface area contributed by atoms with Gasteiger partial charge in [0.15, 0.2) is 5.13 Å². The molecule has 2 spiro atoms. The number of piperidine rings is 1. The number of rotatable bonds is 1. The lowest BCUT2D eigenvalue weighted by Gasteiger charge is -2.39. The van der Waals surface area contributed by atoms with Crippen LogP contribution in [0.5, 0.6) is 0 Å². The van der Waals surface area contributed by atoms with Crippen molar-refractivity contribution in [3.8, 4) is 0 Å². The summed E-state index contributed by atoms with van der Waals surface area (Å²) in [5.74, 6) is 0.655. The molecule has 3 unspecified atom stereocenters. The highest BCUT2D eigenvalue weighted by Crippen LogP contribution is 2.67. The third-order valence-electron chi connectivity index (χ3n) is 5.81. The van der Waals surface area contributed by atoms with Crippen molar-refractivity contribution < 1.29 is 4.74 Å². The molecule has 1 saturated carbocycles. The summed E-state index contributed by atoms with van der Waals surface area (Å²) in [6.45, 7) is 2.99. The molecule has 3 fully saturated rings. The first-order valence-electron chi connectivity index (χ1n) is 7.86. The minimum Gasteiger partial charge on any atom is -0.455 e. The molecule has 2 aromatic rings. The lowest BCUT2D eigenvalue weighted by Crippen LogP contribution is -2.49. The minimum atomic E-state index is -0.100. The average Bonchev–Trinajstić information content (AvgIpc) is 2.97. The van der Waals surface area contributed by atoms with Crippen molar-refractivity contribution >= 4 is 44.4 Å². The third-order valence-corrected chi connectivity index (χ3v) is 6.90. The van der Waals surface area contributed by atoms with Gasteiger partial charge in [0.1, 0.15) is 21.1 Å². The van der Waals surface area contributed by atoms with Gasteiger partial charge in [-0.2, -0.15) is 0 Å². The first kappa shape index (κ1) is 12.9. The number of fused-ring (bicyclic) bond motifs is 2. The minimum absolute atomic E-state index is 0.100. The van der Waals surface area contributed by atoms with Gasteiger partial charge in [0, 0.05) is 24.5 Å². The molecule has 6 nitrogen and oxygen atoms in total. The average molecular weight is 348 g/mol. The first-order chi connectivity index (χ1) is 11.2. The molecule has 0 radical (unpaired) electrons. The van der Waals surface area contributed by atoms with E-state index >= 15 is 0 Å². The van der Waals surface area contributed by atoms with Gasteiger partial charge in [-0.3, -0.25) is 10.2 Å². The zero-order valence-electron chi connectivity index (χ0n) is 12.3. The van der Waals surface area contributed by atoms with Crippen LogP contribution in [0.4, 0.5) is 5.13 Å². The van der Waals surface area contributed by atoms with Crippen LogP contribution in [-0.4, -0.2) is 51.7 Å². The number of ether oxygens (including phenoxy) is 1. The van der Waals surface area contributed by atoms with Crippen LogP contribution in [0.3, 0.4) is 0 Å². The van der Waals surface area contributed by atoms with E-state index in [2.05, 4.69) is 25.2 Å². The summed E-state index contributed by atoms with van der Waals surface area (Å²) < 4.78 is 6.28. The van der Waals surface area contributed by atoms with E-state index in [1.54, 1.807) is 6.07 Å². The number of pyridine rings is 1. The second kappa shape index (κ2) is 3.96. The Morgan fingerprint density at radius 3 is 3.09 bits per heavy atom. The summed E-state index contributed by atoms with van der Waals surface area (Å²) >= 11 is 7.39. The Kier molecular flexibility index (Phi) is 2.23. The van der Waals surface area contributed by atoms with Gasteiger partial charge >= 0.3 is 0 Å². The Bertz CT molecular complexity index is 884. The van der Waals surface area contributed by atoms with Crippen molar-refractivity contribution in [2.24, 2.45) is 10.9 Å². The normalized spacial score (nSPS) is 37.3. The van der Waals surface area contributed by atoms with Crippen LogP contribution in [0.1, 0.15) is 12.8 Å². The molecule has 8 heteroatoms. The van der Waals surface area contributed by atoms with Gasteiger partial charge < -0.3 is 4.74 Å². The number of thiazole rings is 1. The third kappa shape index (κ3) is 1.60. The highest BCUT2D eigenvalue weighted by Gasteiger charge is 2.77. The number of nitrogens with zero attached hydrogens (tertiary/aromatic N) is 4. The fourth-order valence-electron chi connectivity index (χ4n) is 4.55. The molecule has 0 amide bonds. The summed E-state index contributed by atoms with van der Waals surface area (Å²) in [6.07, 6.45) is 2.61. The molecule has 23 heavy (non-hydrogen) atoms. The highest BCUT2D eigenvalue weighted by molar-refractivity contribution is 7.22. The number of anilines is 1. The van der Waals surface area contributed by atoms with E-state index in [-0.39, 0.29) is 5.60 Å². The van der Waals surface area contributed by atoms with E-state index in [1.165, 1.54) is 30.7 Å². The zero-order chi connectivity index (χ0) is 15.2. The van der Waals surface area contributed by atoms with Crippen LogP contribution < -0.4 is 5.32 Å². The van der Waals surface area contributed by atoms with Gasteiger partial charge in [0.25, 0.3) is 6.02 Å². The monoisotopic (exact) mass is 347 g/mol. The fraction of sp³-hybridized carbons (Fsp3) is 0.533. The molecule has 118 valence electrons. The molecule has 2 aromatic heterocycles. The molecule has 2 saturated heterocycles. The molecule has 3 atom stereocenters. The first-order valence-corrected chi connectivity index (χ1v) is 9.05. The van der Waals surface area contributed by atoms with E-state index < -0.39 is 0 Å². The van der Waals surface area contributed by atoms with E-state index in [9.17, 15) is 0 Å². The van der Waals surface area contributed by atoms with Crippen LogP contribution in [0, 0.1) is 5.92 Å². The molecule has 0 bridgehead atoms. The van der Waals surface area contributed by atoms with Gasteiger partial charge in [-0.15, -0.1) is 0 Å². The van der Waals surface area contributed by atoms with E-state index in [1.807, 2.05) is 6.07 Å². The van der Waals surface area contributed by atoms with Crippen molar-refractivity contribution in [3.63, 3.8) is 0 Å². The smallest absolute Gasteiger partial charge is 0.291 e. The molecular formula is C15H14ClN5OS. The Labute approximate surface area is 141 Å². The highest BCUT2D eigenvalue weighted by atomic mass is 35.5. The van der Waals surface area contributed by atoms with Crippen LogP contribution in [0.2, 0.25) is 5.15 Å². The lowest BCUT2D eigenvalue weighted by molar-refractivity contribution is 0.0433. The molecule has 4 aliphatic rings. The van der Waals surface area contributed by atoms with E-state index in [4.69, 9.17) is 16.3 Å². The number of aromatic nitrogens is 2. The predicted octanol–water partition coefficient (Wildman–Crippen LogP) is 2.36.